The maximum absolute atomic E-state index is 12.9. The summed E-state index contributed by atoms with van der Waals surface area (Å²) in [5.74, 6) is 0. The number of hydrogen-bond donors (Lipinski definition) is 1. The van der Waals surface area contributed by atoms with Gasteiger partial charge in [0.2, 0.25) is 10.0 Å². The Morgan fingerprint density at radius 1 is 1.48 bits per heavy atom. The Morgan fingerprint density at radius 2 is 2.17 bits per heavy atom. The summed E-state index contributed by atoms with van der Waals surface area (Å²) in [5, 5.41) is 14.0. The number of nitro groups is 1. The summed E-state index contributed by atoms with van der Waals surface area (Å²) < 4.78 is 27.4. The molecular weight excluding hydrogens is 410 g/mol. The molecule has 0 aliphatic carbocycles. The molecule has 10 heteroatoms. The standard InChI is InChI=1S/C13H18BrN3O4S.ClH/c1-2-7-16(10-5-6-15-9-10)22(20,21)11-3-4-13(17(18)19)12(14)8-11;/h3-4,8,10,15H,2,5-7,9H2,1H3;1H. The summed E-state index contributed by atoms with van der Waals surface area (Å²) in [4.78, 5) is 10.4. The van der Waals surface area contributed by atoms with Gasteiger partial charge in [-0.1, -0.05) is 6.92 Å². The molecule has 2 rings (SSSR count). The van der Waals surface area contributed by atoms with Crippen molar-refractivity contribution < 1.29 is 13.3 Å². The molecule has 1 heterocycles. The predicted molar refractivity (Wildman–Crippen MR) is 93.5 cm³/mol. The summed E-state index contributed by atoms with van der Waals surface area (Å²) >= 11 is 3.07. The average Bonchev–Trinajstić information content (AvgIpc) is 2.97. The molecule has 1 unspecified atom stereocenters. The van der Waals surface area contributed by atoms with Crippen LogP contribution < -0.4 is 5.32 Å². The third-order valence-corrected chi connectivity index (χ3v) is 6.19. The van der Waals surface area contributed by atoms with Crippen molar-refractivity contribution in [3.8, 4) is 0 Å². The predicted octanol–water partition coefficient (Wildman–Crippen LogP) is 2.54. The van der Waals surface area contributed by atoms with Crippen LogP contribution in [0.5, 0.6) is 0 Å². The molecular formula is C13H19BrClN3O4S. The fourth-order valence-electron chi connectivity index (χ4n) is 2.54. The average molecular weight is 429 g/mol. The van der Waals surface area contributed by atoms with Crippen molar-refractivity contribution in [1.82, 2.24) is 9.62 Å². The lowest BCUT2D eigenvalue weighted by Gasteiger charge is -2.27. The van der Waals surface area contributed by atoms with Crippen LogP contribution in [0.15, 0.2) is 27.6 Å². The van der Waals surface area contributed by atoms with Crippen molar-refractivity contribution in [2.24, 2.45) is 0 Å². The Bertz CT molecular complexity index is 665. The molecule has 0 saturated carbocycles. The van der Waals surface area contributed by atoms with E-state index in [9.17, 15) is 18.5 Å². The number of nitrogens with one attached hydrogen (secondary N) is 1. The van der Waals surface area contributed by atoms with Crippen LogP contribution in [-0.4, -0.2) is 43.3 Å². The largest absolute Gasteiger partial charge is 0.315 e. The van der Waals surface area contributed by atoms with E-state index >= 15 is 0 Å². The molecule has 1 aromatic rings. The second-order valence-electron chi connectivity index (χ2n) is 5.13. The highest BCUT2D eigenvalue weighted by Crippen LogP contribution is 2.30. The van der Waals surface area contributed by atoms with Crippen LogP contribution >= 0.6 is 28.3 Å². The van der Waals surface area contributed by atoms with Crippen LogP contribution in [0.1, 0.15) is 19.8 Å². The Balaban J connectivity index is 0.00000264. The highest BCUT2D eigenvalue weighted by atomic mass is 79.9. The molecule has 1 fully saturated rings. The van der Waals surface area contributed by atoms with Gasteiger partial charge >= 0.3 is 0 Å². The van der Waals surface area contributed by atoms with E-state index in [2.05, 4.69) is 21.2 Å². The van der Waals surface area contributed by atoms with Gasteiger partial charge in [0.1, 0.15) is 0 Å². The lowest BCUT2D eigenvalue weighted by Crippen LogP contribution is -2.42. The van der Waals surface area contributed by atoms with Gasteiger partial charge in [0.05, 0.1) is 14.3 Å². The molecule has 1 N–H and O–H groups in total. The molecule has 23 heavy (non-hydrogen) atoms. The summed E-state index contributed by atoms with van der Waals surface area (Å²) in [6.07, 6.45) is 1.48. The highest BCUT2D eigenvalue weighted by molar-refractivity contribution is 9.10. The molecule has 1 aliphatic rings. The van der Waals surface area contributed by atoms with E-state index in [0.29, 0.717) is 19.5 Å². The van der Waals surface area contributed by atoms with E-state index in [-0.39, 0.29) is 33.5 Å². The molecule has 130 valence electrons. The first-order valence-corrected chi connectivity index (χ1v) is 9.27. The van der Waals surface area contributed by atoms with E-state index < -0.39 is 14.9 Å². The molecule has 1 saturated heterocycles. The molecule has 1 aromatic carbocycles. The quantitative estimate of drug-likeness (QED) is 0.555. The molecule has 0 amide bonds. The Kier molecular flexibility index (Phi) is 7.40. The first-order valence-electron chi connectivity index (χ1n) is 7.04. The van der Waals surface area contributed by atoms with Crippen molar-refractivity contribution in [3.05, 3.63) is 32.8 Å². The molecule has 1 aliphatic heterocycles. The second kappa shape index (κ2) is 8.39. The van der Waals surface area contributed by atoms with E-state index in [1.54, 1.807) is 0 Å². The molecule has 0 bridgehead atoms. The maximum atomic E-state index is 12.9. The van der Waals surface area contributed by atoms with Crippen molar-refractivity contribution in [2.75, 3.05) is 19.6 Å². The monoisotopic (exact) mass is 427 g/mol. The van der Waals surface area contributed by atoms with Crippen LogP contribution in [0.4, 0.5) is 5.69 Å². The maximum Gasteiger partial charge on any atom is 0.283 e. The zero-order chi connectivity index (χ0) is 16.3. The van der Waals surface area contributed by atoms with Gasteiger partial charge in [-0.15, -0.1) is 12.4 Å². The number of rotatable bonds is 6. The van der Waals surface area contributed by atoms with Crippen LogP contribution in [0.3, 0.4) is 0 Å². The number of halogens is 2. The zero-order valence-corrected chi connectivity index (χ0v) is 15.8. The van der Waals surface area contributed by atoms with Crippen LogP contribution in [0, 0.1) is 10.1 Å². The van der Waals surface area contributed by atoms with E-state index in [0.717, 1.165) is 13.0 Å². The number of nitro benzene ring substituents is 1. The van der Waals surface area contributed by atoms with Gasteiger partial charge in [0.25, 0.3) is 5.69 Å². The van der Waals surface area contributed by atoms with E-state index in [1.807, 2.05) is 6.92 Å². The van der Waals surface area contributed by atoms with Crippen LogP contribution in [0.25, 0.3) is 0 Å². The number of sulfonamides is 1. The van der Waals surface area contributed by atoms with Gasteiger partial charge in [-0.2, -0.15) is 4.31 Å². The van der Waals surface area contributed by atoms with Gasteiger partial charge in [0, 0.05) is 25.2 Å². The lowest BCUT2D eigenvalue weighted by molar-refractivity contribution is -0.385. The third kappa shape index (κ3) is 4.42. The molecule has 0 aromatic heterocycles. The van der Waals surface area contributed by atoms with Crippen LogP contribution in [-0.2, 0) is 10.0 Å². The van der Waals surface area contributed by atoms with Crippen molar-refractivity contribution in [1.29, 1.82) is 0 Å². The highest BCUT2D eigenvalue weighted by Gasteiger charge is 2.33. The number of benzene rings is 1. The fourth-order valence-corrected chi connectivity index (χ4v) is 4.98. The third-order valence-electron chi connectivity index (χ3n) is 3.61. The van der Waals surface area contributed by atoms with E-state index in [1.165, 1.54) is 22.5 Å². The van der Waals surface area contributed by atoms with Crippen molar-refractivity contribution >= 4 is 44.0 Å². The molecule has 0 spiro atoms. The normalized spacial score (nSPS) is 18.0. The number of hydrogen-bond acceptors (Lipinski definition) is 5. The first-order chi connectivity index (χ1) is 10.4. The van der Waals surface area contributed by atoms with Gasteiger partial charge in [-0.3, -0.25) is 10.1 Å². The summed E-state index contributed by atoms with van der Waals surface area (Å²) in [6, 6.07) is 3.74. The first kappa shape index (κ1) is 20.3. The van der Waals surface area contributed by atoms with E-state index in [4.69, 9.17) is 0 Å². The van der Waals surface area contributed by atoms with Crippen LogP contribution in [0.2, 0.25) is 0 Å². The van der Waals surface area contributed by atoms with Crippen molar-refractivity contribution in [2.45, 2.75) is 30.7 Å². The Hall–Kier alpha value is -0.740. The summed E-state index contributed by atoms with van der Waals surface area (Å²) in [5.41, 5.74) is -0.150. The Morgan fingerprint density at radius 3 is 2.65 bits per heavy atom. The van der Waals surface area contributed by atoms with Gasteiger partial charge < -0.3 is 5.32 Å². The van der Waals surface area contributed by atoms with Crippen molar-refractivity contribution in [3.63, 3.8) is 0 Å². The molecule has 1 atom stereocenters. The van der Waals surface area contributed by atoms with Gasteiger partial charge in [0.15, 0.2) is 0 Å². The SMILES string of the molecule is CCCN(C1CCNC1)S(=O)(=O)c1ccc([N+](=O)[O-])c(Br)c1.Cl. The lowest BCUT2D eigenvalue weighted by atomic mass is 10.2. The smallest absolute Gasteiger partial charge is 0.283 e. The summed E-state index contributed by atoms with van der Waals surface area (Å²) in [6.45, 7) is 3.79. The van der Waals surface area contributed by atoms with Gasteiger partial charge in [-0.25, -0.2) is 8.42 Å². The fraction of sp³-hybridized carbons (Fsp3) is 0.538. The minimum Gasteiger partial charge on any atom is -0.315 e. The van der Waals surface area contributed by atoms with Gasteiger partial charge in [-0.05, 0) is 47.4 Å². The molecule has 7 nitrogen and oxygen atoms in total. The topological polar surface area (TPSA) is 92.6 Å². The zero-order valence-electron chi connectivity index (χ0n) is 12.6. The minimum absolute atomic E-state index is 0. The second-order valence-corrected chi connectivity index (χ2v) is 7.88. The minimum atomic E-state index is -3.67. The number of nitrogens with zero attached hydrogens (tertiary/aromatic N) is 2. The summed E-state index contributed by atoms with van der Waals surface area (Å²) in [7, 11) is -3.67. The Labute approximate surface area is 150 Å². The molecule has 0 radical (unpaired) electrons.